The van der Waals surface area contributed by atoms with Crippen molar-refractivity contribution in [3.05, 3.63) is 23.7 Å². The minimum absolute atomic E-state index is 0.0449. The molecule has 2 amide bonds. The Morgan fingerprint density at radius 3 is 2.50 bits per heavy atom. The van der Waals surface area contributed by atoms with Gasteiger partial charge in [-0.3, -0.25) is 14.4 Å². The van der Waals surface area contributed by atoms with Gasteiger partial charge in [0.1, 0.15) is 0 Å². The maximum Gasteiger partial charge on any atom is 0.306 e. The zero-order chi connectivity index (χ0) is 16.3. The van der Waals surface area contributed by atoms with Gasteiger partial charge in [-0.25, -0.2) is 0 Å². The van der Waals surface area contributed by atoms with Crippen molar-refractivity contribution < 1.29 is 23.9 Å². The standard InChI is InChI=1S/C15H20N2O5/c1-10-5-8-22-13(10)14(19)16(2)9-12(18)17-6-3-11(4-7-17)15(20)21/h5,8,11H,3-4,6-7,9H2,1-2H3,(H,20,21). The predicted octanol–water partition coefficient (Wildman–Crippen LogP) is 0.983. The fourth-order valence-corrected chi connectivity index (χ4v) is 2.52. The lowest BCUT2D eigenvalue weighted by Gasteiger charge is -2.31. The van der Waals surface area contributed by atoms with Crippen LogP contribution in [-0.2, 0) is 9.59 Å². The second-order valence-electron chi connectivity index (χ2n) is 5.59. The summed E-state index contributed by atoms with van der Waals surface area (Å²) >= 11 is 0. The van der Waals surface area contributed by atoms with Crippen molar-refractivity contribution in [1.82, 2.24) is 9.80 Å². The summed E-state index contributed by atoms with van der Waals surface area (Å²) in [6.45, 7) is 2.55. The SMILES string of the molecule is Cc1ccoc1C(=O)N(C)CC(=O)N1CCC(C(=O)O)CC1. The first-order chi connectivity index (χ1) is 10.4. The van der Waals surface area contributed by atoms with Crippen LogP contribution in [0.25, 0.3) is 0 Å². The summed E-state index contributed by atoms with van der Waals surface area (Å²) in [5, 5.41) is 8.95. The van der Waals surface area contributed by atoms with Crippen molar-refractivity contribution in [2.24, 2.45) is 5.92 Å². The molecule has 2 heterocycles. The van der Waals surface area contributed by atoms with Gasteiger partial charge in [0.15, 0.2) is 5.76 Å². The number of piperidine rings is 1. The zero-order valence-electron chi connectivity index (χ0n) is 12.7. The highest BCUT2D eigenvalue weighted by molar-refractivity contribution is 5.95. The number of furan rings is 1. The summed E-state index contributed by atoms with van der Waals surface area (Å²) in [6, 6.07) is 1.69. The smallest absolute Gasteiger partial charge is 0.306 e. The van der Waals surface area contributed by atoms with E-state index in [2.05, 4.69) is 0 Å². The van der Waals surface area contributed by atoms with Crippen LogP contribution in [-0.4, -0.2) is 59.4 Å². The number of nitrogens with zero attached hydrogens (tertiary/aromatic N) is 2. The monoisotopic (exact) mass is 308 g/mol. The summed E-state index contributed by atoms with van der Waals surface area (Å²) in [5.41, 5.74) is 0.728. The molecule has 1 fully saturated rings. The Morgan fingerprint density at radius 1 is 1.36 bits per heavy atom. The fraction of sp³-hybridized carbons (Fsp3) is 0.533. The maximum atomic E-state index is 12.2. The van der Waals surface area contributed by atoms with Gasteiger partial charge in [-0.05, 0) is 25.8 Å². The molecule has 0 atom stereocenters. The average molecular weight is 308 g/mol. The molecule has 1 aromatic heterocycles. The van der Waals surface area contributed by atoms with Gasteiger partial charge >= 0.3 is 5.97 Å². The van der Waals surface area contributed by atoms with Gasteiger partial charge in [0.25, 0.3) is 5.91 Å². The Kier molecular flexibility index (Phi) is 4.85. The summed E-state index contributed by atoms with van der Waals surface area (Å²) < 4.78 is 5.13. The number of carboxylic acid groups (broad SMARTS) is 1. The average Bonchev–Trinajstić information content (AvgIpc) is 2.92. The Bertz CT molecular complexity index is 572. The second kappa shape index (κ2) is 6.64. The normalized spacial score (nSPS) is 15.6. The third-order valence-corrected chi connectivity index (χ3v) is 3.97. The zero-order valence-corrected chi connectivity index (χ0v) is 12.7. The number of carbonyl (C=O) groups is 3. The first-order valence-corrected chi connectivity index (χ1v) is 7.20. The van der Waals surface area contributed by atoms with E-state index in [1.54, 1.807) is 24.9 Å². The molecule has 0 bridgehead atoms. The molecule has 0 aromatic carbocycles. The van der Waals surface area contributed by atoms with Crippen molar-refractivity contribution in [1.29, 1.82) is 0 Å². The van der Waals surface area contributed by atoms with Crippen LogP contribution < -0.4 is 0 Å². The third kappa shape index (κ3) is 3.47. The van der Waals surface area contributed by atoms with E-state index in [9.17, 15) is 14.4 Å². The molecule has 7 heteroatoms. The molecule has 2 rings (SSSR count). The van der Waals surface area contributed by atoms with E-state index < -0.39 is 5.97 Å². The molecule has 120 valence electrons. The van der Waals surface area contributed by atoms with Crippen LogP contribution in [0.5, 0.6) is 0 Å². The number of hydrogen-bond donors (Lipinski definition) is 1. The summed E-state index contributed by atoms with van der Waals surface area (Å²) in [6.07, 6.45) is 2.35. The lowest BCUT2D eigenvalue weighted by Crippen LogP contribution is -2.45. The van der Waals surface area contributed by atoms with E-state index >= 15 is 0 Å². The number of likely N-dealkylation sites (tertiary alicyclic amines) is 1. The highest BCUT2D eigenvalue weighted by Gasteiger charge is 2.28. The lowest BCUT2D eigenvalue weighted by molar-refractivity contribution is -0.145. The van der Waals surface area contributed by atoms with Crippen LogP contribution in [0.1, 0.15) is 29.0 Å². The molecule has 1 N–H and O–H groups in total. The quantitative estimate of drug-likeness (QED) is 0.895. The number of carboxylic acids is 1. The third-order valence-electron chi connectivity index (χ3n) is 3.97. The van der Waals surface area contributed by atoms with Crippen molar-refractivity contribution >= 4 is 17.8 Å². The van der Waals surface area contributed by atoms with Crippen LogP contribution in [0.2, 0.25) is 0 Å². The van der Waals surface area contributed by atoms with Crippen molar-refractivity contribution in [2.45, 2.75) is 19.8 Å². The molecule has 0 saturated carbocycles. The molecule has 0 spiro atoms. The minimum Gasteiger partial charge on any atom is -0.481 e. The maximum absolute atomic E-state index is 12.2. The Balaban J connectivity index is 1.88. The van der Waals surface area contributed by atoms with Crippen LogP contribution >= 0.6 is 0 Å². The van der Waals surface area contributed by atoms with E-state index in [4.69, 9.17) is 9.52 Å². The van der Waals surface area contributed by atoms with Gasteiger partial charge in [-0.2, -0.15) is 0 Å². The largest absolute Gasteiger partial charge is 0.481 e. The van der Waals surface area contributed by atoms with Crippen LogP contribution in [0.3, 0.4) is 0 Å². The summed E-state index contributed by atoms with van der Waals surface area (Å²) in [7, 11) is 1.55. The van der Waals surface area contributed by atoms with Crippen LogP contribution in [0.15, 0.2) is 16.7 Å². The number of amides is 2. The lowest BCUT2D eigenvalue weighted by atomic mass is 9.97. The summed E-state index contributed by atoms with van der Waals surface area (Å²) in [4.78, 5) is 38.2. The number of rotatable bonds is 4. The van der Waals surface area contributed by atoms with E-state index in [0.29, 0.717) is 25.9 Å². The Labute approximate surface area is 128 Å². The number of hydrogen-bond acceptors (Lipinski definition) is 4. The molecule has 0 aliphatic carbocycles. The van der Waals surface area contributed by atoms with Crippen molar-refractivity contribution in [3.63, 3.8) is 0 Å². The van der Waals surface area contributed by atoms with Gasteiger partial charge in [0.05, 0.1) is 18.7 Å². The van der Waals surface area contributed by atoms with Crippen LogP contribution in [0.4, 0.5) is 0 Å². The van der Waals surface area contributed by atoms with Crippen molar-refractivity contribution in [2.75, 3.05) is 26.7 Å². The van der Waals surface area contributed by atoms with Gasteiger partial charge in [0.2, 0.25) is 5.91 Å². The number of aryl methyl sites for hydroxylation is 1. The molecule has 0 radical (unpaired) electrons. The van der Waals surface area contributed by atoms with Crippen molar-refractivity contribution in [3.8, 4) is 0 Å². The first kappa shape index (κ1) is 16.1. The molecular weight excluding hydrogens is 288 g/mol. The summed E-state index contributed by atoms with van der Waals surface area (Å²) in [5.74, 6) is -1.47. The second-order valence-corrected chi connectivity index (χ2v) is 5.59. The topological polar surface area (TPSA) is 91.1 Å². The minimum atomic E-state index is -0.812. The number of aliphatic carboxylic acids is 1. The van der Waals surface area contributed by atoms with Gasteiger partial charge in [-0.1, -0.05) is 0 Å². The number of carbonyl (C=O) groups excluding carboxylic acids is 2. The first-order valence-electron chi connectivity index (χ1n) is 7.20. The molecule has 22 heavy (non-hydrogen) atoms. The molecule has 1 aliphatic rings. The Morgan fingerprint density at radius 2 is 2.00 bits per heavy atom. The molecule has 1 saturated heterocycles. The Hall–Kier alpha value is -2.31. The van der Waals surface area contributed by atoms with E-state index in [1.165, 1.54) is 11.2 Å². The molecule has 7 nitrogen and oxygen atoms in total. The predicted molar refractivity (Wildman–Crippen MR) is 77.3 cm³/mol. The molecular formula is C15H20N2O5. The van der Waals surface area contributed by atoms with Gasteiger partial charge in [-0.15, -0.1) is 0 Å². The van der Waals surface area contributed by atoms with Gasteiger partial charge in [0, 0.05) is 25.7 Å². The fourth-order valence-electron chi connectivity index (χ4n) is 2.52. The van der Waals surface area contributed by atoms with Crippen LogP contribution in [0, 0.1) is 12.8 Å². The highest BCUT2D eigenvalue weighted by Crippen LogP contribution is 2.18. The molecule has 1 aromatic rings. The molecule has 1 aliphatic heterocycles. The molecule has 0 unspecified atom stereocenters. The number of likely N-dealkylation sites (N-methyl/N-ethyl adjacent to an activating group) is 1. The van der Waals surface area contributed by atoms with Gasteiger partial charge < -0.3 is 19.3 Å². The van der Waals surface area contributed by atoms with E-state index in [-0.39, 0.29) is 30.0 Å². The highest BCUT2D eigenvalue weighted by atomic mass is 16.4. The van der Waals surface area contributed by atoms with E-state index in [1.807, 2.05) is 0 Å². The van der Waals surface area contributed by atoms with E-state index in [0.717, 1.165) is 5.56 Å².